The molecule has 0 amide bonds. The molecular formula is C12H16N4O. The molecule has 0 radical (unpaired) electrons. The quantitative estimate of drug-likeness (QED) is 0.809. The van der Waals surface area contributed by atoms with Crippen molar-refractivity contribution in [1.82, 2.24) is 15.1 Å². The second-order valence-electron chi connectivity index (χ2n) is 4.77. The van der Waals surface area contributed by atoms with Crippen molar-refractivity contribution in [3.05, 3.63) is 18.0 Å². The van der Waals surface area contributed by atoms with Crippen LogP contribution in [0.5, 0.6) is 0 Å². The number of anilines is 1. The van der Waals surface area contributed by atoms with Gasteiger partial charge in [-0.05, 0) is 26.4 Å². The van der Waals surface area contributed by atoms with Crippen LogP contribution in [0.3, 0.4) is 0 Å². The van der Waals surface area contributed by atoms with Gasteiger partial charge >= 0.3 is 0 Å². The minimum atomic E-state index is 0.456. The van der Waals surface area contributed by atoms with E-state index in [1.54, 1.807) is 0 Å². The first-order chi connectivity index (χ1) is 8.24. The molecule has 0 aromatic carbocycles. The maximum atomic E-state index is 5.72. The Kier molecular flexibility index (Phi) is 2.48. The van der Waals surface area contributed by atoms with Crippen LogP contribution in [0, 0.1) is 0 Å². The van der Waals surface area contributed by atoms with E-state index in [1.165, 1.54) is 25.6 Å². The van der Waals surface area contributed by atoms with Crippen LogP contribution in [0.1, 0.15) is 24.5 Å². The average molecular weight is 232 g/mol. The van der Waals surface area contributed by atoms with Gasteiger partial charge in [-0.1, -0.05) is 0 Å². The summed E-state index contributed by atoms with van der Waals surface area (Å²) in [6, 6.07) is 1.97. The minimum absolute atomic E-state index is 0.456. The van der Waals surface area contributed by atoms with Gasteiger partial charge in [-0.15, -0.1) is 5.10 Å². The molecule has 1 saturated heterocycles. The number of nitrogens with zero attached hydrogens (tertiary/aromatic N) is 3. The van der Waals surface area contributed by atoms with Crippen LogP contribution < -0.4 is 5.73 Å². The lowest BCUT2D eigenvalue weighted by Crippen LogP contribution is -2.31. The molecule has 0 spiro atoms. The maximum absolute atomic E-state index is 5.72. The minimum Gasteiger partial charge on any atom is -0.460 e. The van der Waals surface area contributed by atoms with E-state index in [0.29, 0.717) is 17.1 Å². The molecule has 5 heteroatoms. The van der Waals surface area contributed by atoms with E-state index in [4.69, 9.17) is 10.2 Å². The number of likely N-dealkylation sites (N-methyl/N-ethyl adjacent to an activating group) is 1. The number of hydrogen-bond acceptors (Lipinski definition) is 5. The van der Waals surface area contributed by atoms with E-state index in [9.17, 15) is 0 Å². The number of furan rings is 1. The van der Waals surface area contributed by atoms with Crippen LogP contribution in [0.15, 0.2) is 16.7 Å². The first-order valence-electron chi connectivity index (χ1n) is 5.93. The van der Waals surface area contributed by atoms with Crippen LogP contribution in [0.4, 0.5) is 5.69 Å². The molecule has 5 nitrogen and oxygen atoms in total. The Morgan fingerprint density at radius 3 is 3.18 bits per heavy atom. The highest BCUT2D eigenvalue weighted by Gasteiger charge is 2.21. The zero-order valence-electron chi connectivity index (χ0n) is 9.89. The zero-order chi connectivity index (χ0) is 11.8. The highest BCUT2D eigenvalue weighted by atomic mass is 16.3. The summed E-state index contributed by atoms with van der Waals surface area (Å²) >= 11 is 0. The predicted molar refractivity (Wildman–Crippen MR) is 65.7 cm³/mol. The Hall–Kier alpha value is -1.62. The molecule has 0 bridgehead atoms. The van der Waals surface area contributed by atoms with Gasteiger partial charge in [-0.25, -0.2) is 0 Å². The molecule has 0 saturated carbocycles. The van der Waals surface area contributed by atoms with Gasteiger partial charge in [0.25, 0.3) is 0 Å². The third-order valence-corrected chi connectivity index (χ3v) is 3.41. The summed E-state index contributed by atoms with van der Waals surface area (Å²) in [5.74, 6) is 0.456. The third kappa shape index (κ3) is 1.86. The van der Waals surface area contributed by atoms with E-state index >= 15 is 0 Å². The number of likely N-dealkylation sites (tertiary alicyclic amines) is 1. The molecule has 1 unspecified atom stereocenters. The number of piperidine rings is 1. The standard InChI is InChI=1S/C12H16N4O/c1-16-4-2-3-8(6-16)10-5-11-12(15-14-10)9(13)7-17-11/h5,7-8H,2-4,6,13H2,1H3. The highest BCUT2D eigenvalue weighted by molar-refractivity contribution is 5.84. The van der Waals surface area contributed by atoms with Crippen LogP contribution in [-0.4, -0.2) is 35.2 Å². The number of rotatable bonds is 1. The fourth-order valence-electron chi connectivity index (χ4n) is 2.47. The molecule has 0 aliphatic carbocycles. The van der Waals surface area contributed by atoms with Crippen molar-refractivity contribution in [2.45, 2.75) is 18.8 Å². The normalized spacial score (nSPS) is 22.1. The Morgan fingerprint density at radius 2 is 2.35 bits per heavy atom. The molecule has 3 heterocycles. The van der Waals surface area contributed by atoms with Crippen molar-refractivity contribution in [3.63, 3.8) is 0 Å². The summed E-state index contributed by atoms with van der Waals surface area (Å²) in [5, 5.41) is 8.44. The summed E-state index contributed by atoms with van der Waals surface area (Å²) in [7, 11) is 2.14. The summed E-state index contributed by atoms with van der Waals surface area (Å²) in [5.41, 5.74) is 8.69. The highest BCUT2D eigenvalue weighted by Crippen LogP contribution is 2.27. The van der Waals surface area contributed by atoms with Gasteiger partial charge < -0.3 is 15.1 Å². The second-order valence-corrected chi connectivity index (χ2v) is 4.77. The van der Waals surface area contributed by atoms with Gasteiger partial charge in [-0.2, -0.15) is 5.10 Å². The fraction of sp³-hybridized carbons (Fsp3) is 0.500. The summed E-state index contributed by atoms with van der Waals surface area (Å²) in [4.78, 5) is 2.33. The SMILES string of the molecule is CN1CCCC(c2cc3occ(N)c3nn2)C1. The van der Waals surface area contributed by atoms with Gasteiger partial charge in [0, 0.05) is 18.5 Å². The topological polar surface area (TPSA) is 68.2 Å². The molecule has 3 rings (SSSR count). The van der Waals surface area contributed by atoms with E-state index in [-0.39, 0.29) is 0 Å². The molecule has 2 aromatic rings. The van der Waals surface area contributed by atoms with Crippen LogP contribution >= 0.6 is 0 Å². The average Bonchev–Trinajstić information content (AvgIpc) is 2.71. The monoisotopic (exact) mass is 232 g/mol. The lowest BCUT2D eigenvalue weighted by molar-refractivity contribution is 0.248. The number of aromatic nitrogens is 2. The zero-order valence-corrected chi connectivity index (χ0v) is 9.89. The van der Waals surface area contributed by atoms with Crippen LogP contribution in [-0.2, 0) is 0 Å². The van der Waals surface area contributed by atoms with E-state index < -0.39 is 0 Å². The Morgan fingerprint density at radius 1 is 1.47 bits per heavy atom. The lowest BCUT2D eigenvalue weighted by Gasteiger charge is -2.28. The van der Waals surface area contributed by atoms with Gasteiger partial charge in [0.2, 0.25) is 0 Å². The second kappa shape index (κ2) is 4.00. The van der Waals surface area contributed by atoms with Crippen molar-refractivity contribution in [3.8, 4) is 0 Å². The van der Waals surface area contributed by atoms with Crippen LogP contribution in [0.2, 0.25) is 0 Å². The van der Waals surface area contributed by atoms with Crippen molar-refractivity contribution in [2.24, 2.45) is 0 Å². The van der Waals surface area contributed by atoms with E-state index in [1.807, 2.05) is 6.07 Å². The molecule has 2 N–H and O–H groups in total. The van der Waals surface area contributed by atoms with Gasteiger partial charge in [0.05, 0.1) is 11.4 Å². The Bertz CT molecular complexity index is 536. The smallest absolute Gasteiger partial charge is 0.158 e. The Balaban J connectivity index is 1.94. The number of fused-ring (bicyclic) bond motifs is 1. The molecule has 2 aromatic heterocycles. The summed E-state index contributed by atoms with van der Waals surface area (Å²) < 4.78 is 5.37. The molecule has 1 atom stereocenters. The molecule has 1 aliphatic heterocycles. The fourth-order valence-corrected chi connectivity index (χ4v) is 2.47. The predicted octanol–water partition coefficient (Wildman–Crippen LogP) is 1.61. The summed E-state index contributed by atoms with van der Waals surface area (Å²) in [6.07, 6.45) is 3.90. The first-order valence-corrected chi connectivity index (χ1v) is 5.93. The third-order valence-electron chi connectivity index (χ3n) is 3.41. The number of nitrogens with two attached hydrogens (primary N) is 1. The lowest BCUT2D eigenvalue weighted by atomic mass is 9.95. The van der Waals surface area contributed by atoms with Crippen molar-refractivity contribution < 1.29 is 4.42 Å². The van der Waals surface area contributed by atoms with Crippen molar-refractivity contribution >= 4 is 16.8 Å². The number of hydrogen-bond donors (Lipinski definition) is 1. The molecule has 90 valence electrons. The van der Waals surface area contributed by atoms with E-state index in [2.05, 4.69) is 22.1 Å². The van der Waals surface area contributed by atoms with Crippen LogP contribution in [0.25, 0.3) is 11.1 Å². The van der Waals surface area contributed by atoms with Gasteiger partial charge in [0.1, 0.15) is 6.26 Å². The van der Waals surface area contributed by atoms with Crippen molar-refractivity contribution in [2.75, 3.05) is 25.9 Å². The van der Waals surface area contributed by atoms with Gasteiger partial charge in [-0.3, -0.25) is 0 Å². The molecule has 17 heavy (non-hydrogen) atoms. The molecule has 1 fully saturated rings. The van der Waals surface area contributed by atoms with Crippen molar-refractivity contribution in [1.29, 1.82) is 0 Å². The Labute approximate surface area is 99.6 Å². The van der Waals surface area contributed by atoms with Gasteiger partial charge in [0.15, 0.2) is 11.1 Å². The molecule has 1 aliphatic rings. The maximum Gasteiger partial charge on any atom is 0.158 e. The first kappa shape index (κ1) is 10.5. The van der Waals surface area contributed by atoms with E-state index in [0.717, 1.165) is 17.8 Å². The molecular weight excluding hydrogens is 216 g/mol. The largest absolute Gasteiger partial charge is 0.460 e. The summed E-state index contributed by atoms with van der Waals surface area (Å²) in [6.45, 7) is 2.20. The number of nitrogen functional groups attached to an aromatic ring is 1.